The lowest BCUT2D eigenvalue weighted by atomic mass is 10.1. The van der Waals surface area contributed by atoms with Crippen LogP contribution in [0.15, 0.2) is 65.8 Å². The van der Waals surface area contributed by atoms with Crippen LogP contribution in [0.3, 0.4) is 0 Å². The second-order valence-corrected chi connectivity index (χ2v) is 12.5. The van der Waals surface area contributed by atoms with Crippen molar-refractivity contribution in [3.8, 4) is 22.9 Å². The summed E-state index contributed by atoms with van der Waals surface area (Å²) < 4.78 is 52.7. The molecule has 7 rings (SSSR count). The molecule has 13 heteroatoms. The number of ether oxygens (including phenoxy) is 2. The Morgan fingerprint density at radius 1 is 0.980 bits per heavy atom. The zero-order chi connectivity index (χ0) is 34.1. The molecule has 0 saturated carbocycles. The maximum Gasteiger partial charge on any atom is 0.416 e. The van der Waals surface area contributed by atoms with Gasteiger partial charge in [0.25, 0.3) is 11.8 Å². The second kappa shape index (κ2) is 13.5. The molecular formula is C36H37F3N6O4. The van der Waals surface area contributed by atoms with Crippen molar-refractivity contribution in [2.75, 3.05) is 53.0 Å². The number of alkyl halides is 3. The summed E-state index contributed by atoms with van der Waals surface area (Å²) in [6.45, 7) is 4.59. The quantitative estimate of drug-likeness (QED) is 0.204. The number of rotatable bonds is 9. The van der Waals surface area contributed by atoms with E-state index in [1.165, 1.54) is 12.1 Å². The van der Waals surface area contributed by atoms with Crippen molar-refractivity contribution in [1.29, 1.82) is 0 Å². The molecule has 4 aromatic rings. The number of halogens is 3. The molecule has 0 N–H and O–H groups in total. The van der Waals surface area contributed by atoms with E-state index < -0.39 is 11.7 Å². The summed E-state index contributed by atoms with van der Waals surface area (Å²) in [6.07, 6.45) is 2.79. The maximum absolute atomic E-state index is 13.6. The van der Waals surface area contributed by atoms with Gasteiger partial charge in [-0.15, -0.1) is 0 Å². The fourth-order valence-corrected chi connectivity index (χ4v) is 6.77. The number of benzene rings is 2. The number of hydrogen-bond acceptors (Lipinski definition) is 7. The summed E-state index contributed by atoms with van der Waals surface area (Å²) in [6, 6.07) is 13.8. The minimum absolute atomic E-state index is 0.0252. The first-order chi connectivity index (χ1) is 23.7. The zero-order valence-corrected chi connectivity index (χ0v) is 27.2. The van der Waals surface area contributed by atoms with Gasteiger partial charge in [-0.2, -0.15) is 13.2 Å². The Bertz CT molecular complexity index is 1880. The van der Waals surface area contributed by atoms with Crippen LogP contribution in [0.4, 0.5) is 18.9 Å². The number of imidazole rings is 1. The van der Waals surface area contributed by atoms with Gasteiger partial charge >= 0.3 is 6.18 Å². The van der Waals surface area contributed by atoms with Crippen LogP contribution in [0.5, 0.6) is 11.5 Å². The molecule has 2 aromatic heterocycles. The topological polar surface area (TPSA) is 92.0 Å². The van der Waals surface area contributed by atoms with Gasteiger partial charge in [-0.1, -0.05) is 18.2 Å². The minimum Gasteiger partial charge on any atom is -0.493 e. The highest BCUT2D eigenvalue weighted by molar-refractivity contribution is 6.03. The maximum atomic E-state index is 13.6. The largest absolute Gasteiger partial charge is 0.493 e. The van der Waals surface area contributed by atoms with Crippen LogP contribution in [-0.2, 0) is 6.18 Å². The lowest BCUT2D eigenvalue weighted by Crippen LogP contribution is -2.49. The molecular weight excluding hydrogens is 637 g/mol. The lowest BCUT2D eigenvalue weighted by molar-refractivity contribution is -0.137. The smallest absolute Gasteiger partial charge is 0.416 e. The van der Waals surface area contributed by atoms with Crippen molar-refractivity contribution in [1.82, 2.24) is 24.1 Å². The average Bonchev–Trinajstić information content (AvgIpc) is 3.72. The molecule has 2 saturated heterocycles. The molecule has 2 aromatic carbocycles. The van der Waals surface area contributed by atoms with Crippen molar-refractivity contribution in [3.05, 3.63) is 77.6 Å². The summed E-state index contributed by atoms with van der Waals surface area (Å²) in [5.41, 5.74) is 1.77. The third kappa shape index (κ3) is 6.59. The first kappa shape index (κ1) is 32.6. The predicted octanol–water partition coefficient (Wildman–Crippen LogP) is 5.97. The van der Waals surface area contributed by atoms with Crippen LogP contribution >= 0.6 is 0 Å². The fraction of sp³-hybridized carbons (Fsp3) is 0.389. The van der Waals surface area contributed by atoms with Crippen molar-refractivity contribution < 1.29 is 32.2 Å². The Morgan fingerprint density at radius 3 is 2.53 bits per heavy atom. The van der Waals surface area contributed by atoms with E-state index in [1.807, 2.05) is 17.2 Å². The summed E-state index contributed by atoms with van der Waals surface area (Å²) in [5.74, 6) is 1.27. The van der Waals surface area contributed by atoms with Gasteiger partial charge < -0.3 is 19.3 Å². The summed E-state index contributed by atoms with van der Waals surface area (Å²) in [5, 5.41) is 0. The highest BCUT2D eigenvalue weighted by atomic mass is 19.4. The van der Waals surface area contributed by atoms with Crippen LogP contribution in [0.1, 0.15) is 52.1 Å². The Hall–Kier alpha value is -4.91. The zero-order valence-electron chi connectivity index (χ0n) is 27.2. The number of piperazine rings is 1. The first-order valence-corrected chi connectivity index (χ1v) is 16.6. The molecule has 5 heterocycles. The highest BCUT2D eigenvalue weighted by Gasteiger charge is 2.33. The van der Waals surface area contributed by atoms with Crippen LogP contribution in [-0.4, -0.2) is 101 Å². The number of aromatic nitrogens is 2. The highest BCUT2D eigenvalue weighted by Crippen LogP contribution is 2.38. The Labute approximate surface area is 281 Å². The Morgan fingerprint density at radius 2 is 1.78 bits per heavy atom. The van der Waals surface area contributed by atoms with Gasteiger partial charge in [-0.05, 0) is 62.6 Å². The molecule has 2 amide bonds. The van der Waals surface area contributed by atoms with E-state index in [0.717, 1.165) is 50.9 Å². The molecule has 0 unspecified atom stereocenters. The molecule has 0 radical (unpaired) electrons. The fourth-order valence-electron chi connectivity index (χ4n) is 6.77. The molecule has 0 aliphatic carbocycles. The Balaban J connectivity index is 0.918. The van der Waals surface area contributed by atoms with E-state index in [-0.39, 0.29) is 23.6 Å². The van der Waals surface area contributed by atoms with Gasteiger partial charge in [0, 0.05) is 56.8 Å². The Kier molecular flexibility index (Phi) is 9.01. The number of aliphatic imine (C=N–C) groups is 1. The molecule has 256 valence electrons. The standard InChI is InChI=1S/C36H37F3N6O4/c1-48-30-21-27-28(40-23-26-7-6-15-44(26)34(27)46)22-31(30)49-20-5-4-13-42-16-18-43(19-17-42)35(47)32-29-8-2-3-14-45(29)33(41-32)24-9-11-25(12-10-24)36(37,38)39/h2-3,8-12,14,21-23,26H,4-7,13,15-20H2,1H3/t26-/m0/s1. The van der Waals surface area contributed by atoms with Gasteiger partial charge in [0.05, 0.1) is 42.1 Å². The summed E-state index contributed by atoms with van der Waals surface area (Å²) >= 11 is 0. The minimum atomic E-state index is -4.43. The van der Waals surface area contributed by atoms with Gasteiger partial charge in [0.2, 0.25) is 0 Å². The summed E-state index contributed by atoms with van der Waals surface area (Å²) in [4.78, 5) is 41.9. The number of nitrogens with zero attached hydrogens (tertiary/aromatic N) is 6. The van der Waals surface area contributed by atoms with Crippen LogP contribution < -0.4 is 9.47 Å². The van der Waals surface area contributed by atoms with Crippen molar-refractivity contribution in [3.63, 3.8) is 0 Å². The molecule has 3 aliphatic heterocycles. The normalized spacial score (nSPS) is 18.0. The predicted molar refractivity (Wildman–Crippen MR) is 178 cm³/mol. The van der Waals surface area contributed by atoms with Crippen LogP contribution in [0.25, 0.3) is 16.9 Å². The molecule has 10 nitrogen and oxygen atoms in total. The number of pyridine rings is 1. The number of fused-ring (bicyclic) bond motifs is 3. The number of carbonyl (C=O) groups is 2. The van der Waals surface area contributed by atoms with Gasteiger partial charge in [0.1, 0.15) is 5.82 Å². The molecule has 2 fully saturated rings. The van der Waals surface area contributed by atoms with Crippen LogP contribution in [0.2, 0.25) is 0 Å². The van der Waals surface area contributed by atoms with E-state index in [4.69, 9.17) is 9.47 Å². The summed E-state index contributed by atoms with van der Waals surface area (Å²) in [7, 11) is 1.56. The van der Waals surface area contributed by atoms with Gasteiger partial charge in [0.15, 0.2) is 17.2 Å². The molecule has 3 aliphatic rings. The van der Waals surface area contributed by atoms with E-state index in [0.29, 0.717) is 72.4 Å². The molecule has 0 spiro atoms. The first-order valence-electron chi connectivity index (χ1n) is 16.6. The number of methoxy groups -OCH3 is 1. The number of unbranched alkanes of at least 4 members (excludes halogenated alkanes) is 1. The van der Waals surface area contributed by atoms with Gasteiger partial charge in [-0.3, -0.25) is 23.9 Å². The van der Waals surface area contributed by atoms with Crippen LogP contribution in [0, 0.1) is 0 Å². The number of hydrogen-bond donors (Lipinski definition) is 0. The SMILES string of the molecule is COc1cc2c(cc1OCCCCN1CCN(C(=O)c3nc(-c4ccc(C(F)(F)F)cc4)n4ccccc34)CC1)N=C[C@@H]1CCCN1C2=O. The van der Waals surface area contributed by atoms with E-state index in [2.05, 4.69) is 14.9 Å². The third-order valence-corrected chi connectivity index (χ3v) is 9.47. The van der Waals surface area contributed by atoms with Crippen molar-refractivity contribution >= 4 is 29.2 Å². The second-order valence-electron chi connectivity index (χ2n) is 12.5. The third-order valence-electron chi connectivity index (χ3n) is 9.47. The number of carbonyl (C=O) groups excluding carboxylic acids is 2. The van der Waals surface area contributed by atoms with Gasteiger partial charge in [-0.25, -0.2) is 4.98 Å². The van der Waals surface area contributed by atoms with E-state index in [9.17, 15) is 22.8 Å². The van der Waals surface area contributed by atoms with E-state index >= 15 is 0 Å². The molecule has 49 heavy (non-hydrogen) atoms. The monoisotopic (exact) mass is 674 g/mol. The number of amides is 2. The lowest BCUT2D eigenvalue weighted by Gasteiger charge is -2.34. The average molecular weight is 675 g/mol. The van der Waals surface area contributed by atoms with Crippen molar-refractivity contribution in [2.45, 2.75) is 37.9 Å². The van der Waals surface area contributed by atoms with E-state index in [1.54, 1.807) is 46.9 Å². The molecule has 1 atom stereocenters. The molecule has 0 bridgehead atoms. The van der Waals surface area contributed by atoms with Crippen molar-refractivity contribution in [2.24, 2.45) is 4.99 Å².